The zero-order valence-corrected chi connectivity index (χ0v) is 21.0. The molecule has 0 spiro atoms. The minimum absolute atomic E-state index is 0.189. The molecule has 1 aliphatic heterocycles. The van der Waals surface area contributed by atoms with Crippen molar-refractivity contribution < 1.29 is 18.0 Å². The summed E-state index contributed by atoms with van der Waals surface area (Å²) in [7, 11) is -0.327. The number of anilines is 1. The van der Waals surface area contributed by atoms with Crippen LogP contribution in [0.25, 0.3) is 0 Å². The lowest BCUT2D eigenvalue weighted by molar-refractivity contribution is -0.120. The van der Waals surface area contributed by atoms with Gasteiger partial charge in [-0.25, -0.2) is 8.42 Å². The number of amides is 2. The highest BCUT2D eigenvalue weighted by atomic mass is 32.2. The number of carbonyl (C=O) groups excluding carboxylic acids is 2. The van der Waals surface area contributed by atoms with E-state index in [9.17, 15) is 18.0 Å². The zero-order valence-electron chi connectivity index (χ0n) is 20.2. The van der Waals surface area contributed by atoms with E-state index in [0.717, 1.165) is 22.3 Å². The van der Waals surface area contributed by atoms with Crippen LogP contribution in [0.4, 0.5) is 5.69 Å². The molecule has 1 aliphatic rings. The van der Waals surface area contributed by atoms with Crippen LogP contribution in [0.15, 0.2) is 35.2 Å². The van der Waals surface area contributed by atoms with Crippen molar-refractivity contribution in [3.05, 3.63) is 58.1 Å². The largest absolute Gasteiger partial charge is 0.345 e. The first-order valence-electron chi connectivity index (χ1n) is 11.1. The van der Waals surface area contributed by atoms with E-state index in [-0.39, 0.29) is 30.8 Å². The number of carbonyl (C=O) groups is 2. The van der Waals surface area contributed by atoms with Crippen molar-refractivity contribution in [2.75, 3.05) is 32.5 Å². The Labute approximate surface area is 196 Å². The second-order valence-corrected chi connectivity index (χ2v) is 10.9. The van der Waals surface area contributed by atoms with Crippen LogP contribution >= 0.6 is 0 Å². The van der Waals surface area contributed by atoms with Crippen molar-refractivity contribution in [1.29, 1.82) is 0 Å². The molecule has 0 bridgehead atoms. The van der Waals surface area contributed by atoms with Crippen molar-refractivity contribution >= 4 is 27.5 Å². The van der Waals surface area contributed by atoms with Crippen LogP contribution in [-0.2, 0) is 14.8 Å². The predicted molar refractivity (Wildman–Crippen MR) is 130 cm³/mol. The van der Waals surface area contributed by atoms with Crippen LogP contribution < -0.4 is 5.32 Å². The summed E-state index contributed by atoms with van der Waals surface area (Å²) in [5, 5.41) is 2.88. The maximum atomic E-state index is 13.5. The number of hydrogen-bond donors (Lipinski definition) is 1. The van der Waals surface area contributed by atoms with Crippen LogP contribution in [0, 0.1) is 33.6 Å². The van der Waals surface area contributed by atoms with E-state index >= 15 is 0 Å². The molecule has 1 saturated heterocycles. The summed E-state index contributed by atoms with van der Waals surface area (Å²) in [6.07, 6.45) is 0.857. The number of nitrogens with zero attached hydrogens (tertiary/aromatic N) is 2. The summed E-state index contributed by atoms with van der Waals surface area (Å²) in [5.74, 6) is -0.698. The minimum Gasteiger partial charge on any atom is -0.345 e. The molecule has 178 valence electrons. The molecule has 0 unspecified atom stereocenters. The molecule has 1 N–H and O–H groups in total. The molecule has 2 amide bonds. The highest BCUT2D eigenvalue weighted by Crippen LogP contribution is 2.31. The average Bonchev–Trinajstić information content (AvgIpc) is 2.77. The molecule has 2 aromatic carbocycles. The second-order valence-electron chi connectivity index (χ2n) is 9.00. The Kier molecular flexibility index (Phi) is 7.29. The predicted octanol–water partition coefficient (Wildman–Crippen LogP) is 3.66. The molecule has 0 aromatic heterocycles. The molecular formula is C25H33N3O4S. The number of para-hydroxylation sites is 1. The van der Waals surface area contributed by atoms with Crippen LogP contribution in [0.1, 0.15) is 45.5 Å². The number of nitrogens with one attached hydrogen (secondary N) is 1. The van der Waals surface area contributed by atoms with Crippen molar-refractivity contribution in [2.24, 2.45) is 5.92 Å². The molecule has 0 atom stereocenters. The summed E-state index contributed by atoms with van der Waals surface area (Å²) < 4.78 is 28.4. The van der Waals surface area contributed by atoms with Gasteiger partial charge in [0.25, 0.3) is 5.91 Å². The van der Waals surface area contributed by atoms with Gasteiger partial charge in [-0.2, -0.15) is 4.31 Å². The first-order chi connectivity index (χ1) is 15.4. The Morgan fingerprint density at radius 1 is 0.970 bits per heavy atom. The van der Waals surface area contributed by atoms with Gasteiger partial charge in [0.05, 0.1) is 16.1 Å². The number of piperidine rings is 1. The van der Waals surface area contributed by atoms with Gasteiger partial charge >= 0.3 is 0 Å². The Bertz CT molecular complexity index is 1150. The lowest BCUT2D eigenvalue weighted by Gasteiger charge is -2.32. The van der Waals surface area contributed by atoms with Crippen molar-refractivity contribution in [3.8, 4) is 0 Å². The first-order valence-corrected chi connectivity index (χ1v) is 12.6. The molecule has 2 aromatic rings. The van der Waals surface area contributed by atoms with E-state index in [4.69, 9.17) is 0 Å². The molecule has 3 rings (SSSR count). The topological polar surface area (TPSA) is 86.8 Å². The van der Waals surface area contributed by atoms with E-state index in [1.54, 1.807) is 38.4 Å². The van der Waals surface area contributed by atoms with Crippen LogP contribution in [-0.4, -0.2) is 56.6 Å². The molecule has 0 radical (unpaired) electrons. The maximum Gasteiger partial charge on any atom is 0.255 e. The smallest absolute Gasteiger partial charge is 0.255 e. The van der Waals surface area contributed by atoms with Gasteiger partial charge in [-0.15, -0.1) is 0 Å². The third kappa shape index (κ3) is 4.96. The molecule has 0 aliphatic carbocycles. The van der Waals surface area contributed by atoms with Gasteiger partial charge in [0.2, 0.25) is 15.9 Å². The van der Waals surface area contributed by atoms with E-state index in [1.807, 2.05) is 33.8 Å². The summed E-state index contributed by atoms with van der Waals surface area (Å²) >= 11 is 0. The van der Waals surface area contributed by atoms with Gasteiger partial charge in [-0.3, -0.25) is 9.59 Å². The molecule has 0 saturated carbocycles. The van der Waals surface area contributed by atoms with Crippen LogP contribution in [0.5, 0.6) is 0 Å². The fourth-order valence-corrected chi connectivity index (χ4v) is 6.35. The summed E-state index contributed by atoms with van der Waals surface area (Å²) in [4.78, 5) is 27.2. The fraction of sp³-hybridized carbons (Fsp3) is 0.440. The Morgan fingerprint density at radius 3 is 2.06 bits per heavy atom. The summed E-state index contributed by atoms with van der Waals surface area (Å²) in [6.45, 7) is 8.12. The van der Waals surface area contributed by atoms with Gasteiger partial charge in [-0.05, 0) is 74.9 Å². The van der Waals surface area contributed by atoms with Gasteiger partial charge in [0.15, 0.2) is 0 Å². The Morgan fingerprint density at radius 2 is 1.52 bits per heavy atom. The van der Waals surface area contributed by atoms with E-state index < -0.39 is 10.0 Å². The zero-order chi connectivity index (χ0) is 24.5. The fourth-order valence-electron chi connectivity index (χ4n) is 4.31. The highest BCUT2D eigenvalue weighted by molar-refractivity contribution is 7.89. The third-order valence-electron chi connectivity index (χ3n) is 6.54. The van der Waals surface area contributed by atoms with Gasteiger partial charge in [-0.1, -0.05) is 18.2 Å². The minimum atomic E-state index is -3.65. The van der Waals surface area contributed by atoms with E-state index in [2.05, 4.69) is 5.32 Å². The molecule has 8 heteroatoms. The second kappa shape index (κ2) is 9.65. The van der Waals surface area contributed by atoms with Gasteiger partial charge < -0.3 is 10.2 Å². The molecule has 33 heavy (non-hydrogen) atoms. The highest BCUT2D eigenvalue weighted by Gasteiger charge is 2.34. The van der Waals surface area contributed by atoms with Crippen molar-refractivity contribution in [2.45, 2.75) is 45.4 Å². The lowest BCUT2D eigenvalue weighted by atomic mass is 9.97. The van der Waals surface area contributed by atoms with Crippen LogP contribution in [0.2, 0.25) is 0 Å². The lowest BCUT2D eigenvalue weighted by Crippen LogP contribution is -2.42. The monoisotopic (exact) mass is 471 g/mol. The van der Waals surface area contributed by atoms with E-state index in [1.165, 1.54) is 9.21 Å². The number of aryl methyl sites for hydroxylation is 2. The van der Waals surface area contributed by atoms with Crippen molar-refractivity contribution in [1.82, 2.24) is 9.21 Å². The van der Waals surface area contributed by atoms with Gasteiger partial charge in [0.1, 0.15) is 0 Å². The molecule has 7 nitrogen and oxygen atoms in total. The van der Waals surface area contributed by atoms with Gasteiger partial charge in [0, 0.05) is 33.1 Å². The SMILES string of the molecule is Cc1cc(C)c(C)c(S(=O)(=O)N2CCC(C(=O)Nc3ccccc3C(=O)N(C)C)CC2)c1C. The number of hydrogen-bond acceptors (Lipinski definition) is 4. The molecule has 1 heterocycles. The normalized spacial score (nSPS) is 15.3. The first kappa shape index (κ1) is 24.9. The maximum absolute atomic E-state index is 13.5. The summed E-state index contributed by atoms with van der Waals surface area (Å²) in [5.41, 5.74) is 4.36. The number of benzene rings is 2. The third-order valence-corrected chi connectivity index (χ3v) is 8.71. The quantitative estimate of drug-likeness (QED) is 0.721. The Balaban J connectivity index is 1.74. The number of sulfonamides is 1. The molecular weight excluding hydrogens is 438 g/mol. The van der Waals surface area contributed by atoms with Crippen LogP contribution in [0.3, 0.4) is 0 Å². The van der Waals surface area contributed by atoms with E-state index in [0.29, 0.717) is 29.0 Å². The standard InChI is InChI=1S/C25H33N3O4S/c1-16-15-17(2)19(4)23(18(16)3)33(31,32)28-13-11-20(12-14-28)24(29)26-22-10-8-7-9-21(22)25(30)27(5)6/h7-10,15,20H,11-14H2,1-6H3,(H,26,29). The Hall–Kier alpha value is -2.71. The summed E-state index contributed by atoms with van der Waals surface area (Å²) in [6, 6.07) is 8.93. The average molecular weight is 472 g/mol. The van der Waals surface area contributed by atoms with Crippen molar-refractivity contribution in [3.63, 3.8) is 0 Å². The number of rotatable bonds is 5. The molecule has 1 fully saturated rings.